The van der Waals surface area contributed by atoms with E-state index in [0.717, 1.165) is 12.1 Å². The third kappa shape index (κ3) is 3.70. The summed E-state index contributed by atoms with van der Waals surface area (Å²) in [4.78, 5) is 12.6. The molecule has 6 nitrogen and oxygen atoms in total. The average Bonchev–Trinajstić information content (AvgIpc) is 3.33. The molecule has 2 aromatic carbocycles. The first kappa shape index (κ1) is 19.8. The van der Waals surface area contributed by atoms with Crippen molar-refractivity contribution in [3.63, 3.8) is 0 Å². The Morgan fingerprint density at radius 2 is 1.93 bits per heavy atom. The summed E-state index contributed by atoms with van der Waals surface area (Å²) >= 11 is 0. The number of ether oxygens (including phenoxy) is 2. The molecule has 0 spiro atoms. The number of benzene rings is 2. The first-order valence-corrected chi connectivity index (χ1v) is 9.16. The maximum absolute atomic E-state index is 13.0. The van der Waals surface area contributed by atoms with Crippen molar-refractivity contribution < 1.29 is 27.4 Å². The fourth-order valence-electron chi connectivity index (χ4n) is 3.32. The van der Waals surface area contributed by atoms with Crippen molar-refractivity contribution in [1.82, 2.24) is 15.1 Å². The minimum absolute atomic E-state index is 0.116. The second kappa shape index (κ2) is 7.40. The fraction of sp³-hybridized carbons (Fsp3) is 0.238. The molecule has 2 heterocycles. The largest absolute Gasteiger partial charge is 0.454 e. The highest BCUT2D eigenvalue weighted by Gasteiger charge is 2.30. The molecule has 1 aliphatic rings. The summed E-state index contributed by atoms with van der Waals surface area (Å²) in [6.07, 6.45) is -2.90. The van der Waals surface area contributed by atoms with Gasteiger partial charge in [-0.05, 0) is 50.2 Å². The number of carbonyl (C=O) groups is 1. The molecule has 1 atom stereocenters. The van der Waals surface area contributed by atoms with E-state index in [1.54, 1.807) is 44.3 Å². The monoisotopic (exact) mass is 417 g/mol. The SMILES string of the molecule is Cc1c([C@H](C)NC(=O)c2ccc3c(c2)OCO3)cnn1-c1cccc(C(F)(F)F)c1. The summed E-state index contributed by atoms with van der Waals surface area (Å²) in [5, 5.41) is 7.10. The molecule has 0 unspecified atom stereocenters. The number of amides is 1. The number of aromatic nitrogens is 2. The van der Waals surface area contributed by atoms with E-state index >= 15 is 0 Å². The molecule has 0 saturated heterocycles. The first-order valence-electron chi connectivity index (χ1n) is 9.16. The molecule has 0 aliphatic carbocycles. The summed E-state index contributed by atoms with van der Waals surface area (Å²) in [6, 6.07) is 9.43. The van der Waals surface area contributed by atoms with Gasteiger partial charge in [-0.1, -0.05) is 6.07 Å². The van der Waals surface area contributed by atoms with Crippen LogP contribution in [0.5, 0.6) is 11.5 Å². The van der Waals surface area contributed by atoms with Crippen LogP contribution in [0.25, 0.3) is 5.69 Å². The number of carbonyl (C=O) groups excluding carboxylic acids is 1. The quantitative estimate of drug-likeness (QED) is 0.683. The van der Waals surface area contributed by atoms with Crippen LogP contribution in [0.15, 0.2) is 48.7 Å². The van der Waals surface area contributed by atoms with Crippen molar-refractivity contribution in [3.05, 3.63) is 71.0 Å². The summed E-state index contributed by atoms with van der Waals surface area (Å²) in [5.41, 5.74) is 1.28. The minimum atomic E-state index is -4.44. The van der Waals surface area contributed by atoms with Gasteiger partial charge in [-0.15, -0.1) is 0 Å². The molecular weight excluding hydrogens is 399 g/mol. The standard InChI is InChI=1S/C21H18F3N3O3/c1-12(26-20(28)14-6-7-18-19(8-14)30-11-29-18)17-10-25-27(13(17)2)16-5-3-4-15(9-16)21(22,23)24/h3-10,12H,11H2,1-2H3,(H,26,28)/t12-/m0/s1. The Kier molecular flexibility index (Phi) is 4.89. The molecule has 1 aromatic heterocycles. The fourth-order valence-corrected chi connectivity index (χ4v) is 3.32. The third-order valence-electron chi connectivity index (χ3n) is 4.91. The Balaban J connectivity index is 1.54. The smallest absolute Gasteiger partial charge is 0.416 e. The van der Waals surface area contributed by atoms with Gasteiger partial charge in [-0.3, -0.25) is 4.79 Å². The second-order valence-corrected chi connectivity index (χ2v) is 6.91. The van der Waals surface area contributed by atoms with Gasteiger partial charge in [0, 0.05) is 16.8 Å². The van der Waals surface area contributed by atoms with Gasteiger partial charge in [0.1, 0.15) is 0 Å². The first-order chi connectivity index (χ1) is 14.2. The van der Waals surface area contributed by atoms with Crippen LogP contribution < -0.4 is 14.8 Å². The van der Waals surface area contributed by atoms with Crippen LogP contribution in [-0.4, -0.2) is 22.5 Å². The topological polar surface area (TPSA) is 65.4 Å². The van der Waals surface area contributed by atoms with Crippen molar-refractivity contribution in [1.29, 1.82) is 0 Å². The van der Waals surface area contributed by atoms with Gasteiger partial charge >= 0.3 is 6.18 Å². The summed E-state index contributed by atoms with van der Waals surface area (Å²) in [6.45, 7) is 3.64. The predicted molar refractivity (Wildman–Crippen MR) is 102 cm³/mol. The Bertz CT molecular complexity index is 1110. The van der Waals surface area contributed by atoms with Gasteiger partial charge in [0.2, 0.25) is 6.79 Å². The average molecular weight is 417 g/mol. The number of nitrogens with zero attached hydrogens (tertiary/aromatic N) is 2. The van der Waals surface area contributed by atoms with Crippen LogP contribution in [0.1, 0.15) is 40.1 Å². The lowest BCUT2D eigenvalue weighted by molar-refractivity contribution is -0.137. The van der Waals surface area contributed by atoms with Crippen LogP contribution >= 0.6 is 0 Å². The molecule has 3 aromatic rings. The molecule has 0 bridgehead atoms. The summed E-state index contributed by atoms with van der Waals surface area (Å²) < 4.78 is 51.0. The van der Waals surface area contributed by atoms with Crippen molar-refractivity contribution in [3.8, 4) is 17.2 Å². The van der Waals surface area contributed by atoms with Crippen LogP contribution in [0.4, 0.5) is 13.2 Å². The molecule has 1 N–H and O–H groups in total. The van der Waals surface area contributed by atoms with Gasteiger partial charge in [0.15, 0.2) is 11.5 Å². The van der Waals surface area contributed by atoms with Crippen molar-refractivity contribution >= 4 is 5.91 Å². The number of halogens is 3. The normalized spacial score (nSPS) is 13.9. The van der Waals surface area contributed by atoms with Crippen molar-refractivity contribution in [2.24, 2.45) is 0 Å². The maximum atomic E-state index is 13.0. The van der Waals surface area contributed by atoms with Gasteiger partial charge in [-0.25, -0.2) is 4.68 Å². The molecule has 30 heavy (non-hydrogen) atoms. The van der Waals surface area contributed by atoms with Crippen LogP contribution in [0.3, 0.4) is 0 Å². The lowest BCUT2D eigenvalue weighted by Crippen LogP contribution is -2.26. The molecule has 0 fully saturated rings. The molecule has 4 rings (SSSR count). The molecule has 0 saturated carbocycles. The molecule has 1 aliphatic heterocycles. The summed E-state index contributed by atoms with van der Waals surface area (Å²) in [5.74, 6) is 0.772. The van der Waals surface area contributed by atoms with Gasteiger partial charge in [-0.2, -0.15) is 18.3 Å². The highest BCUT2D eigenvalue weighted by atomic mass is 19.4. The Morgan fingerprint density at radius 3 is 2.70 bits per heavy atom. The number of fused-ring (bicyclic) bond motifs is 1. The molecule has 0 radical (unpaired) electrons. The molecular formula is C21H18F3N3O3. The van der Waals surface area contributed by atoms with Crippen LogP contribution in [-0.2, 0) is 6.18 Å². The van der Waals surface area contributed by atoms with Crippen molar-refractivity contribution in [2.75, 3.05) is 6.79 Å². The van der Waals surface area contributed by atoms with E-state index in [9.17, 15) is 18.0 Å². The van der Waals surface area contributed by atoms with Crippen molar-refractivity contribution in [2.45, 2.75) is 26.1 Å². The second-order valence-electron chi connectivity index (χ2n) is 6.91. The highest BCUT2D eigenvalue weighted by molar-refractivity contribution is 5.95. The number of nitrogens with one attached hydrogen (secondary N) is 1. The Hall–Kier alpha value is -3.49. The maximum Gasteiger partial charge on any atom is 0.416 e. The number of alkyl halides is 3. The number of hydrogen-bond acceptors (Lipinski definition) is 4. The van der Waals surface area contributed by atoms with Crippen LogP contribution in [0, 0.1) is 6.92 Å². The van der Waals surface area contributed by atoms with Gasteiger partial charge in [0.25, 0.3) is 5.91 Å². The highest BCUT2D eigenvalue weighted by Crippen LogP contribution is 2.33. The van der Waals surface area contributed by atoms with E-state index < -0.39 is 17.8 Å². The van der Waals surface area contributed by atoms with E-state index in [0.29, 0.717) is 34.0 Å². The van der Waals surface area contributed by atoms with Crippen LogP contribution in [0.2, 0.25) is 0 Å². The van der Waals surface area contributed by atoms with Gasteiger partial charge in [0.05, 0.1) is 23.5 Å². The lowest BCUT2D eigenvalue weighted by atomic mass is 10.1. The van der Waals surface area contributed by atoms with E-state index in [4.69, 9.17) is 9.47 Å². The number of rotatable bonds is 4. The Labute approximate surface area is 170 Å². The lowest BCUT2D eigenvalue weighted by Gasteiger charge is -2.15. The zero-order valence-electron chi connectivity index (χ0n) is 16.2. The van der Waals surface area contributed by atoms with E-state index in [-0.39, 0.29) is 12.7 Å². The summed E-state index contributed by atoms with van der Waals surface area (Å²) in [7, 11) is 0. The predicted octanol–water partition coefficient (Wildman–Crippen LogP) is 4.42. The van der Waals surface area contributed by atoms with E-state index in [2.05, 4.69) is 10.4 Å². The van der Waals surface area contributed by atoms with E-state index in [1.165, 1.54) is 10.7 Å². The zero-order valence-corrected chi connectivity index (χ0v) is 16.2. The third-order valence-corrected chi connectivity index (χ3v) is 4.91. The minimum Gasteiger partial charge on any atom is -0.454 e. The molecule has 9 heteroatoms. The van der Waals surface area contributed by atoms with Gasteiger partial charge < -0.3 is 14.8 Å². The Morgan fingerprint density at radius 1 is 1.17 bits per heavy atom. The zero-order chi connectivity index (χ0) is 21.5. The molecule has 156 valence electrons. The number of hydrogen-bond donors (Lipinski definition) is 1. The van der Waals surface area contributed by atoms with E-state index in [1.807, 2.05) is 0 Å². The molecule has 1 amide bonds.